The van der Waals surface area contributed by atoms with E-state index in [-0.39, 0.29) is 0 Å². The maximum Gasteiger partial charge on any atom is -0.00928 e. The molecule has 0 aromatic heterocycles. The summed E-state index contributed by atoms with van der Waals surface area (Å²) in [5.41, 5.74) is 11.2. The Morgan fingerprint density at radius 2 is 0.674 bits per heavy atom. The van der Waals surface area contributed by atoms with Crippen LogP contribution in [0, 0.1) is 6.92 Å². The van der Waals surface area contributed by atoms with Gasteiger partial charge in [0.2, 0.25) is 0 Å². The predicted molar refractivity (Wildman–Crippen MR) is 185 cm³/mol. The van der Waals surface area contributed by atoms with Crippen molar-refractivity contribution in [1.82, 2.24) is 0 Å². The third-order valence-electron chi connectivity index (χ3n) is 8.80. The van der Waals surface area contributed by atoms with E-state index in [4.69, 9.17) is 0 Å². The second kappa shape index (κ2) is 10.4. The highest BCUT2D eigenvalue weighted by atomic mass is 14.1. The monoisotopic (exact) mass is 546 g/mol. The first-order chi connectivity index (χ1) is 21.2. The Bertz CT molecular complexity index is 2240. The van der Waals surface area contributed by atoms with Crippen molar-refractivity contribution in [1.29, 1.82) is 0 Å². The van der Waals surface area contributed by atoms with Crippen LogP contribution in [0.5, 0.6) is 0 Å². The topological polar surface area (TPSA) is 0 Å². The van der Waals surface area contributed by atoms with Gasteiger partial charge in [-0.15, -0.1) is 0 Å². The van der Waals surface area contributed by atoms with E-state index in [0.717, 1.165) is 0 Å². The van der Waals surface area contributed by atoms with E-state index in [0.29, 0.717) is 0 Å². The van der Waals surface area contributed by atoms with Gasteiger partial charge in [0.05, 0.1) is 0 Å². The lowest BCUT2D eigenvalue weighted by molar-refractivity contribution is 1.45. The standard InChI is InChI=1S/C43H30/c1-29-26-34(35-23-25-42-40-16-6-5-14-38(40)39-15-7-8-17-41(39)43(42)28-35)22-24-37(29)36-13-9-12-33(27-36)32-20-18-31(19-21-32)30-10-3-2-4-11-30/h2-28H,1H3. The fourth-order valence-corrected chi connectivity index (χ4v) is 6.61. The number of aryl methyl sites for hydroxylation is 1. The van der Waals surface area contributed by atoms with Crippen molar-refractivity contribution < 1.29 is 0 Å². The summed E-state index contributed by atoms with van der Waals surface area (Å²) in [6.07, 6.45) is 0. The van der Waals surface area contributed by atoms with Gasteiger partial charge in [-0.05, 0) is 101 Å². The average molecular weight is 547 g/mol. The van der Waals surface area contributed by atoms with Crippen LogP contribution in [0.15, 0.2) is 164 Å². The molecule has 0 radical (unpaired) electrons. The highest BCUT2D eigenvalue weighted by Gasteiger charge is 2.11. The molecule has 202 valence electrons. The van der Waals surface area contributed by atoms with E-state index in [2.05, 4.69) is 171 Å². The molecule has 0 aliphatic rings. The molecule has 0 saturated carbocycles. The van der Waals surface area contributed by atoms with Crippen LogP contribution in [-0.2, 0) is 0 Å². The van der Waals surface area contributed by atoms with E-state index in [9.17, 15) is 0 Å². The molecule has 0 heteroatoms. The van der Waals surface area contributed by atoms with Gasteiger partial charge in [0.25, 0.3) is 0 Å². The summed E-state index contributed by atoms with van der Waals surface area (Å²) < 4.78 is 0. The second-order valence-corrected chi connectivity index (χ2v) is 11.4. The Morgan fingerprint density at radius 3 is 1.33 bits per heavy atom. The molecule has 8 rings (SSSR count). The van der Waals surface area contributed by atoms with Gasteiger partial charge in [0, 0.05) is 0 Å². The van der Waals surface area contributed by atoms with Crippen LogP contribution >= 0.6 is 0 Å². The molecule has 0 aliphatic heterocycles. The van der Waals surface area contributed by atoms with Crippen LogP contribution in [0.4, 0.5) is 0 Å². The average Bonchev–Trinajstić information content (AvgIpc) is 3.09. The van der Waals surface area contributed by atoms with Gasteiger partial charge in [-0.1, -0.05) is 152 Å². The van der Waals surface area contributed by atoms with Crippen molar-refractivity contribution in [3.05, 3.63) is 169 Å². The zero-order valence-electron chi connectivity index (χ0n) is 24.1. The Morgan fingerprint density at radius 1 is 0.256 bits per heavy atom. The minimum absolute atomic E-state index is 1.23. The lowest BCUT2D eigenvalue weighted by atomic mass is 9.90. The predicted octanol–water partition coefficient (Wildman–Crippen LogP) is 12.1. The van der Waals surface area contributed by atoms with Crippen LogP contribution in [0.25, 0.3) is 76.8 Å². The normalized spacial score (nSPS) is 11.4. The summed E-state index contributed by atoms with van der Waals surface area (Å²) in [7, 11) is 0. The largest absolute Gasteiger partial charge is 0.0622 e. The van der Waals surface area contributed by atoms with Crippen molar-refractivity contribution in [2.75, 3.05) is 0 Å². The molecule has 8 aromatic rings. The highest BCUT2D eigenvalue weighted by Crippen LogP contribution is 2.38. The molecule has 0 nitrogen and oxygen atoms in total. The number of hydrogen-bond donors (Lipinski definition) is 0. The molecular formula is C43H30. The Kier molecular flexibility index (Phi) is 6.12. The fraction of sp³-hybridized carbons (Fsp3) is 0.0233. The first kappa shape index (κ1) is 25.3. The molecule has 43 heavy (non-hydrogen) atoms. The van der Waals surface area contributed by atoms with Crippen LogP contribution < -0.4 is 0 Å². The third-order valence-corrected chi connectivity index (χ3v) is 8.80. The molecule has 8 aromatic carbocycles. The molecule has 0 bridgehead atoms. The summed E-state index contributed by atoms with van der Waals surface area (Å²) in [6, 6.07) is 59.7. The van der Waals surface area contributed by atoms with E-state index in [1.807, 2.05) is 0 Å². The first-order valence-electron chi connectivity index (χ1n) is 14.9. The highest BCUT2D eigenvalue weighted by molar-refractivity contribution is 6.25. The maximum atomic E-state index is 2.37. The van der Waals surface area contributed by atoms with E-state index < -0.39 is 0 Å². The van der Waals surface area contributed by atoms with Gasteiger partial charge >= 0.3 is 0 Å². The second-order valence-electron chi connectivity index (χ2n) is 11.4. The van der Waals surface area contributed by atoms with E-state index >= 15 is 0 Å². The van der Waals surface area contributed by atoms with Crippen molar-refractivity contribution in [3.8, 4) is 44.5 Å². The summed E-state index contributed by atoms with van der Waals surface area (Å²) >= 11 is 0. The van der Waals surface area contributed by atoms with Crippen LogP contribution in [0.3, 0.4) is 0 Å². The number of fused-ring (bicyclic) bond motifs is 6. The van der Waals surface area contributed by atoms with Gasteiger partial charge in [0.1, 0.15) is 0 Å². The summed E-state index contributed by atoms with van der Waals surface area (Å²) in [5, 5.41) is 7.85. The molecule has 0 aliphatic carbocycles. The smallest absolute Gasteiger partial charge is 0.00928 e. The molecule has 0 saturated heterocycles. The maximum absolute atomic E-state index is 2.37. The molecular weight excluding hydrogens is 516 g/mol. The van der Waals surface area contributed by atoms with Gasteiger partial charge in [-0.25, -0.2) is 0 Å². The van der Waals surface area contributed by atoms with Gasteiger partial charge in [0.15, 0.2) is 0 Å². The minimum atomic E-state index is 1.23. The zero-order valence-corrected chi connectivity index (χ0v) is 24.1. The Hall–Kier alpha value is -5.46. The molecule has 0 heterocycles. The summed E-state index contributed by atoms with van der Waals surface area (Å²) in [4.78, 5) is 0. The molecule has 0 fully saturated rings. The van der Waals surface area contributed by atoms with E-state index in [1.54, 1.807) is 0 Å². The summed E-state index contributed by atoms with van der Waals surface area (Å²) in [6.45, 7) is 2.23. The first-order valence-corrected chi connectivity index (χ1v) is 14.9. The van der Waals surface area contributed by atoms with Gasteiger partial charge < -0.3 is 0 Å². The quantitative estimate of drug-likeness (QED) is 0.193. The lowest BCUT2D eigenvalue weighted by Gasteiger charge is -2.14. The van der Waals surface area contributed by atoms with Gasteiger partial charge in [-0.3, -0.25) is 0 Å². The van der Waals surface area contributed by atoms with Crippen molar-refractivity contribution in [3.63, 3.8) is 0 Å². The van der Waals surface area contributed by atoms with Crippen molar-refractivity contribution in [2.45, 2.75) is 6.92 Å². The zero-order chi connectivity index (χ0) is 28.8. The van der Waals surface area contributed by atoms with E-state index in [1.165, 1.54) is 82.4 Å². The number of benzene rings is 8. The molecule has 0 spiro atoms. The summed E-state index contributed by atoms with van der Waals surface area (Å²) in [5.74, 6) is 0. The lowest BCUT2D eigenvalue weighted by Crippen LogP contribution is -1.88. The fourth-order valence-electron chi connectivity index (χ4n) is 6.61. The van der Waals surface area contributed by atoms with Gasteiger partial charge in [-0.2, -0.15) is 0 Å². The third kappa shape index (κ3) is 4.49. The number of hydrogen-bond acceptors (Lipinski definition) is 0. The Labute approximate surface area is 252 Å². The van der Waals surface area contributed by atoms with Crippen molar-refractivity contribution in [2.24, 2.45) is 0 Å². The molecule has 0 atom stereocenters. The van der Waals surface area contributed by atoms with Crippen molar-refractivity contribution >= 4 is 32.3 Å². The van der Waals surface area contributed by atoms with Crippen LogP contribution in [0.2, 0.25) is 0 Å². The molecule has 0 N–H and O–H groups in total. The van der Waals surface area contributed by atoms with Crippen LogP contribution in [-0.4, -0.2) is 0 Å². The Balaban J connectivity index is 1.15. The minimum Gasteiger partial charge on any atom is -0.0622 e. The molecule has 0 amide bonds. The molecule has 0 unspecified atom stereocenters. The number of rotatable bonds is 4. The SMILES string of the molecule is Cc1cc(-c2ccc3c4ccccc4c4ccccc4c3c2)ccc1-c1cccc(-c2ccc(-c3ccccc3)cc2)c1. The van der Waals surface area contributed by atoms with Crippen LogP contribution in [0.1, 0.15) is 5.56 Å².